The van der Waals surface area contributed by atoms with E-state index in [1.54, 1.807) is 5.48 Å². The summed E-state index contributed by atoms with van der Waals surface area (Å²) in [5, 5.41) is 18.7. The molecule has 2 rings (SSSR count). The van der Waals surface area contributed by atoms with Gasteiger partial charge in [-0.1, -0.05) is 0 Å². The van der Waals surface area contributed by atoms with Crippen LogP contribution in [0.2, 0.25) is 0 Å². The van der Waals surface area contributed by atoms with Crippen LogP contribution in [0, 0.1) is 24.0 Å². The number of aryl methyl sites for hydroxylation is 2. The topological polar surface area (TPSA) is 75.4 Å². The van der Waals surface area contributed by atoms with Gasteiger partial charge in [-0.05, 0) is 49.2 Å². The van der Waals surface area contributed by atoms with Crippen molar-refractivity contribution in [2.24, 2.45) is 0 Å². The van der Waals surface area contributed by atoms with Gasteiger partial charge in [0.25, 0.3) is 5.69 Å². The lowest BCUT2D eigenvalue weighted by molar-refractivity contribution is -0.385. The summed E-state index contributed by atoms with van der Waals surface area (Å²) >= 11 is 0. The number of non-ortho nitro benzene ring substituents is 1. The van der Waals surface area contributed by atoms with Gasteiger partial charge in [-0.25, -0.2) is 0 Å². The fourth-order valence-electron chi connectivity index (χ4n) is 2.04. The predicted molar refractivity (Wildman–Crippen MR) is 84.4 cm³/mol. The van der Waals surface area contributed by atoms with Crippen molar-refractivity contribution in [3.8, 4) is 0 Å². The zero-order valence-corrected chi connectivity index (χ0v) is 13.9. The number of anilines is 1. The Morgan fingerprint density at radius 2 is 1.30 bits per heavy atom. The van der Waals surface area contributed by atoms with Crippen molar-refractivity contribution in [2.45, 2.75) is 26.2 Å². The maximum atomic E-state index is 12.2. The van der Waals surface area contributed by atoms with E-state index in [0.29, 0.717) is 11.6 Å². The first-order valence-electron chi connectivity index (χ1n) is 7.16. The molecule has 0 heterocycles. The molecule has 11 heteroatoms. The standard InChI is InChI=1S/C8H6F3NO2.C8H8F3NO/c1-5-2-6(8(9,10)11)4-7(3-5)12(13)14;1-5-2-6(8(9,10)11)4-7(3-5)12-13/h2-4H,1H3;2-4,12-13H,1H3. The molecule has 2 aromatic carbocycles. The van der Waals surface area contributed by atoms with Crippen molar-refractivity contribution in [3.63, 3.8) is 0 Å². The number of halogens is 6. The van der Waals surface area contributed by atoms with E-state index in [9.17, 15) is 36.5 Å². The maximum absolute atomic E-state index is 12.2. The van der Waals surface area contributed by atoms with Gasteiger partial charge in [0, 0.05) is 12.1 Å². The molecule has 0 saturated heterocycles. The van der Waals surface area contributed by atoms with E-state index < -0.39 is 34.1 Å². The Kier molecular flexibility index (Phi) is 6.79. The number of nitro groups is 1. The molecule has 0 saturated carbocycles. The van der Waals surface area contributed by atoms with Crippen LogP contribution in [0.1, 0.15) is 22.3 Å². The predicted octanol–water partition coefficient (Wildman–Crippen LogP) is 5.74. The van der Waals surface area contributed by atoms with Crippen LogP contribution >= 0.6 is 0 Å². The number of hydrogen-bond donors (Lipinski definition) is 2. The van der Waals surface area contributed by atoms with Gasteiger partial charge in [-0.3, -0.25) is 20.8 Å². The lowest BCUT2D eigenvalue weighted by Gasteiger charge is -2.09. The van der Waals surface area contributed by atoms with Crippen LogP contribution in [-0.2, 0) is 12.4 Å². The number of alkyl halides is 6. The Balaban J connectivity index is 0.000000271. The second kappa shape index (κ2) is 8.25. The molecule has 0 amide bonds. The Bertz CT molecular complexity index is 819. The second-order valence-electron chi connectivity index (χ2n) is 5.51. The molecule has 0 radical (unpaired) electrons. The van der Waals surface area contributed by atoms with Crippen molar-refractivity contribution >= 4 is 11.4 Å². The number of nitrogens with one attached hydrogen (secondary N) is 1. The summed E-state index contributed by atoms with van der Waals surface area (Å²) in [5.41, 5.74) is 0.0514. The summed E-state index contributed by atoms with van der Waals surface area (Å²) in [6, 6.07) is 5.75. The summed E-state index contributed by atoms with van der Waals surface area (Å²) in [4.78, 5) is 9.43. The van der Waals surface area contributed by atoms with Gasteiger partial charge in [-0.2, -0.15) is 26.3 Å². The maximum Gasteiger partial charge on any atom is 0.416 e. The third-order valence-electron chi connectivity index (χ3n) is 3.13. The van der Waals surface area contributed by atoms with E-state index in [1.807, 2.05) is 0 Å². The Labute approximate surface area is 149 Å². The minimum absolute atomic E-state index is 0.0346. The fourth-order valence-corrected chi connectivity index (χ4v) is 2.04. The molecule has 0 atom stereocenters. The van der Waals surface area contributed by atoms with Crippen molar-refractivity contribution in [2.75, 3.05) is 5.48 Å². The molecule has 2 aromatic rings. The van der Waals surface area contributed by atoms with Gasteiger partial charge >= 0.3 is 12.4 Å². The van der Waals surface area contributed by atoms with Crippen molar-refractivity contribution in [1.29, 1.82) is 0 Å². The van der Waals surface area contributed by atoms with Crippen LogP contribution in [0.5, 0.6) is 0 Å². The smallest absolute Gasteiger partial charge is 0.291 e. The van der Waals surface area contributed by atoms with Crippen LogP contribution < -0.4 is 5.48 Å². The van der Waals surface area contributed by atoms with Crippen molar-refractivity contribution in [3.05, 3.63) is 68.8 Å². The third kappa shape index (κ3) is 6.77. The van der Waals surface area contributed by atoms with Crippen LogP contribution in [-0.4, -0.2) is 10.1 Å². The molecule has 0 bridgehead atoms. The largest absolute Gasteiger partial charge is 0.416 e. The van der Waals surface area contributed by atoms with Gasteiger partial charge in [0.05, 0.1) is 21.7 Å². The Hall–Kier alpha value is -2.82. The molecule has 2 N–H and O–H groups in total. The van der Waals surface area contributed by atoms with Gasteiger partial charge in [0.1, 0.15) is 0 Å². The molecular weight excluding hydrogens is 382 g/mol. The zero-order chi connectivity index (χ0) is 21.0. The minimum Gasteiger partial charge on any atom is -0.291 e. The summed E-state index contributed by atoms with van der Waals surface area (Å²) in [6.45, 7) is 2.90. The minimum atomic E-state index is -4.54. The Morgan fingerprint density at radius 3 is 1.70 bits per heavy atom. The summed E-state index contributed by atoms with van der Waals surface area (Å²) in [6.07, 6.45) is -8.92. The molecule has 27 heavy (non-hydrogen) atoms. The van der Waals surface area contributed by atoms with Gasteiger partial charge in [0.2, 0.25) is 0 Å². The van der Waals surface area contributed by atoms with E-state index in [4.69, 9.17) is 5.21 Å². The lowest BCUT2D eigenvalue weighted by atomic mass is 10.1. The van der Waals surface area contributed by atoms with Crippen LogP contribution in [0.25, 0.3) is 0 Å². The number of hydrogen-bond acceptors (Lipinski definition) is 4. The highest BCUT2D eigenvalue weighted by atomic mass is 19.4. The quantitative estimate of drug-likeness (QED) is 0.386. The number of benzene rings is 2. The number of nitrogens with zero attached hydrogens (tertiary/aromatic N) is 1. The van der Waals surface area contributed by atoms with Gasteiger partial charge in [0.15, 0.2) is 0 Å². The Morgan fingerprint density at radius 1 is 0.852 bits per heavy atom. The molecule has 0 aliphatic carbocycles. The van der Waals surface area contributed by atoms with E-state index in [-0.39, 0.29) is 11.3 Å². The first kappa shape index (κ1) is 22.2. The lowest BCUT2D eigenvalue weighted by Crippen LogP contribution is -2.06. The van der Waals surface area contributed by atoms with Crippen molar-refractivity contribution in [1.82, 2.24) is 0 Å². The normalized spacial score (nSPS) is 11.4. The van der Waals surface area contributed by atoms with Crippen LogP contribution in [0.15, 0.2) is 36.4 Å². The highest BCUT2D eigenvalue weighted by molar-refractivity contribution is 5.47. The molecular formula is C16H14F6N2O3. The number of rotatable bonds is 2. The van der Waals surface area contributed by atoms with Gasteiger partial charge in [-0.15, -0.1) is 0 Å². The molecule has 0 unspecified atom stereocenters. The average molecular weight is 396 g/mol. The monoisotopic (exact) mass is 396 g/mol. The van der Waals surface area contributed by atoms with Crippen molar-refractivity contribution < 1.29 is 36.5 Å². The highest BCUT2D eigenvalue weighted by Gasteiger charge is 2.32. The molecule has 0 aromatic heterocycles. The first-order chi connectivity index (χ1) is 12.2. The van der Waals surface area contributed by atoms with E-state index in [0.717, 1.165) is 24.3 Å². The SMILES string of the molecule is Cc1cc(NO)cc(C(F)(F)F)c1.Cc1cc([N+](=O)[O-])cc(C(F)(F)F)c1. The number of nitro benzene ring substituents is 1. The van der Waals surface area contributed by atoms with Crippen LogP contribution in [0.3, 0.4) is 0 Å². The van der Waals surface area contributed by atoms with E-state index >= 15 is 0 Å². The molecule has 0 spiro atoms. The summed E-state index contributed by atoms with van der Waals surface area (Å²) in [5.74, 6) is 0. The van der Waals surface area contributed by atoms with Crippen LogP contribution in [0.4, 0.5) is 37.7 Å². The second-order valence-corrected chi connectivity index (χ2v) is 5.51. The summed E-state index contributed by atoms with van der Waals surface area (Å²) < 4.78 is 73.1. The average Bonchev–Trinajstić information content (AvgIpc) is 2.52. The molecule has 0 aliphatic rings. The molecule has 0 aliphatic heterocycles. The molecule has 0 fully saturated rings. The van der Waals surface area contributed by atoms with E-state index in [2.05, 4.69) is 0 Å². The zero-order valence-electron chi connectivity index (χ0n) is 13.9. The molecule has 5 nitrogen and oxygen atoms in total. The first-order valence-corrected chi connectivity index (χ1v) is 7.16. The van der Waals surface area contributed by atoms with E-state index in [1.165, 1.54) is 19.9 Å². The summed E-state index contributed by atoms with van der Waals surface area (Å²) in [7, 11) is 0. The highest BCUT2D eigenvalue weighted by Crippen LogP contribution is 2.32. The molecule has 148 valence electrons. The fraction of sp³-hybridized carbons (Fsp3) is 0.250. The van der Waals surface area contributed by atoms with Gasteiger partial charge < -0.3 is 0 Å². The third-order valence-corrected chi connectivity index (χ3v) is 3.13.